The van der Waals surface area contributed by atoms with Crippen molar-refractivity contribution in [2.24, 2.45) is 10.2 Å². The Kier molecular flexibility index (Phi) is 3.88. The Bertz CT molecular complexity index is 805. The van der Waals surface area contributed by atoms with Crippen LogP contribution in [0.15, 0.2) is 34.5 Å². The predicted octanol–water partition coefficient (Wildman–Crippen LogP) is 5.18. The summed E-state index contributed by atoms with van der Waals surface area (Å²) in [6, 6.07) is 7.26. The molecule has 1 aliphatic rings. The van der Waals surface area contributed by atoms with Crippen LogP contribution in [0.1, 0.15) is 45.0 Å². The molecule has 0 aliphatic carbocycles. The molecule has 3 nitrogen and oxygen atoms in total. The predicted molar refractivity (Wildman–Crippen MR) is 92.5 cm³/mol. The van der Waals surface area contributed by atoms with E-state index in [1.54, 1.807) is 0 Å². The first-order chi connectivity index (χ1) is 10.9. The molecule has 0 radical (unpaired) electrons. The molecule has 118 valence electrons. The molecule has 1 unspecified atom stereocenters. The number of carbonyl (C=O) groups excluding carboxylic acids is 1. The lowest BCUT2D eigenvalue weighted by Gasteiger charge is -2.19. The Balaban J connectivity index is 1.95. The highest BCUT2D eigenvalue weighted by molar-refractivity contribution is 5.90. The molecule has 2 aromatic carbocycles. The maximum absolute atomic E-state index is 12.8. The lowest BCUT2D eigenvalue weighted by atomic mass is 9.86. The highest BCUT2D eigenvalue weighted by Crippen LogP contribution is 2.37. The average molecular weight is 306 g/mol. The van der Waals surface area contributed by atoms with Crippen LogP contribution in [0.5, 0.6) is 0 Å². The summed E-state index contributed by atoms with van der Waals surface area (Å²) in [6.45, 7) is 10.6. The van der Waals surface area contributed by atoms with Gasteiger partial charge in [-0.3, -0.25) is 4.79 Å². The van der Waals surface area contributed by atoms with Crippen molar-refractivity contribution in [3.05, 3.63) is 63.2 Å². The van der Waals surface area contributed by atoms with Gasteiger partial charge in [0.1, 0.15) is 0 Å². The van der Waals surface area contributed by atoms with Gasteiger partial charge in [-0.05, 0) is 74.1 Å². The third kappa shape index (κ3) is 2.50. The number of rotatable bonds is 3. The topological polar surface area (TPSA) is 41.8 Å². The summed E-state index contributed by atoms with van der Waals surface area (Å²) < 4.78 is 0. The standard InChI is InChI=1S/C20H22N2O/c1-11-12(2)14(4)17(15(5)13(11)3)10-19(23)20-16-8-6-7-9-18(16)21-22-20/h6-9,20H,10H2,1-5H3. The number of azo groups is 1. The molecule has 0 amide bonds. The molecule has 1 aliphatic heterocycles. The fourth-order valence-electron chi connectivity index (χ4n) is 3.34. The molecule has 3 heteroatoms. The van der Waals surface area contributed by atoms with Gasteiger partial charge in [-0.25, -0.2) is 0 Å². The van der Waals surface area contributed by atoms with Crippen LogP contribution in [-0.2, 0) is 11.2 Å². The van der Waals surface area contributed by atoms with Crippen LogP contribution >= 0.6 is 0 Å². The summed E-state index contributed by atoms with van der Waals surface area (Å²) in [6.07, 6.45) is 0.414. The van der Waals surface area contributed by atoms with Gasteiger partial charge in [0.2, 0.25) is 0 Å². The summed E-state index contributed by atoms with van der Waals surface area (Å²) in [5, 5.41) is 8.34. The van der Waals surface area contributed by atoms with E-state index in [0.29, 0.717) is 6.42 Å². The van der Waals surface area contributed by atoms with E-state index < -0.39 is 6.04 Å². The Morgan fingerprint density at radius 1 is 0.913 bits per heavy atom. The van der Waals surface area contributed by atoms with Crippen molar-refractivity contribution in [2.75, 3.05) is 0 Å². The van der Waals surface area contributed by atoms with Crippen LogP contribution in [-0.4, -0.2) is 5.78 Å². The summed E-state index contributed by atoms with van der Waals surface area (Å²) in [4.78, 5) is 12.8. The van der Waals surface area contributed by atoms with E-state index in [9.17, 15) is 4.79 Å². The highest BCUT2D eigenvalue weighted by atomic mass is 16.1. The van der Waals surface area contributed by atoms with Crippen molar-refractivity contribution in [3.63, 3.8) is 0 Å². The first-order valence-corrected chi connectivity index (χ1v) is 8.00. The average Bonchev–Trinajstić information content (AvgIpc) is 2.99. The quantitative estimate of drug-likeness (QED) is 0.770. The molecular weight excluding hydrogens is 284 g/mol. The lowest BCUT2D eigenvalue weighted by Crippen LogP contribution is -2.14. The van der Waals surface area contributed by atoms with Gasteiger partial charge in [-0.2, -0.15) is 10.2 Å². The molecule has 2 aromatic rings. The zero-order chi connectivity index (χ0) is 16.7. The van der Waals surface area contributed by atoms with E-state index in [1.807, 2.05) is 24.3 Å². The van der Waals surface area contributed by atoms with E-state index in [2.05, 4.69) is 44.8 Å². The number of hydrogen-bond donors (Lipinski definition) is 0. The molecule has 1 atom stereocenters. The number of fused-ring (bicyclic) bond motifs is 1. The fraction of sp³-hybridized carbons (Fsp3) is 0.350. The molecule has 0 saturated heterocycles. The van der Waals surface area contributed by atoms with Gasteiger partial charge < -0.3 is 0 Å². The Morgan fingerprint density at radius 2 is 1.48 bits per heavy atom. The number of benzene rings is 2. The minimum Gasteiger partial charge on any atom is -0.296 e. The third-order valence-electron chi connectivity index (χ3n) is 5.32. The van der Waals surface area contributed by atoms with Crippen molar-refractivity contribution in [2.45, 2.75) is 47.1 Å². The molecule has 1 heterocycles. The van der Waals surface area contributed by atoms with Gasteiger partial charge in [0, 0.05) is 12.0 Å². The minimum absolute atomic E-state index is 0.118. The summed E-state index contributed by atoms with van der Waals surface area (Å²) in [5.74, 6) is 0.118. The first kappa shape index (κ1) is 15.6. The second-order valence-electron chi connectivity index (χ2n) is 6.42. The van der Waals surface area contributed by atoms with E-state index in [4.69, 9.17) is 0 Å². The smallest absolute Gasteiger partial charge is 0.168 e. The summed E-state index contributed by atoms with van der Waals surface area (Å²) >= 11 is 0. The molecule has 23 heavy (non-hydrogen) atoms. The number of nitrogens with zero attached hydrogens (tertiary/aromatic N) is 2. The van der Waals surface area contributed by atoms with Crippen LogP contribution in [0, 0.1) is 34.6 Å². The van der Waals surface area contributed by atoms with Crippen molar-refractivity contribution < 1.29 is 4.79 Å². The van der Waals surface area contributed by atoms with Crippen LogP contribution in [0.25, 0.3) is 0 Å². The van der Waals surface area contributed by atoms with Gasteiger partial charge in [0.25, 0.3) is 0 Å². The Hall–Kier alpha value is -2.29. The molecule has 0 aromatic heterocycles. The summed E-state index contributed by atoms with van der Waals surface area (Å²) in [5.41, 5.74) is 9.22. The third-order valence-corrected chi connectivity index (χ3v) is 5.32. The zero-order valence-corrected chi connectivity index (χ0v) is 14.4. The van der Waals surface area contributed by atoms with E-state index in [-0.39, 0.29) is 5.78 Å². The Labute approximate surface area is 137 Å². The molecule has 3 rings (SSSR count). The molecule has 0 fully saturated rings. The summed E-state index contributed by atoms with van der Waals surface area (Å²) in [7, 11) is 0. The van der Waals surface area contributed by atoms with Crippen LogP contribution in [0.3, 0.4) is 0 Å². The van der Waals surface area contributed by atoms with Crippen LogP contribution < -0.4 is 0 Å². The second kappa shape index (κ2) is 5.73. The number of hydrogen-bond acceptors (Lipinski definition) is 3. The lowest BCUT2D eigenvalue weighted by molar-refractivity contribution is -0.119. The zero-order valence-electron chi connectivity index (χ0n) is 14.4. The highest BCUT2D eigenvalue weighted by Gasteiger charge is 2.28. The maximum Gasteiger partial charge on any atom is 0.168 e. The van der Waals surface area contributed by atoms with E-state index in [1.165, 1.54) is 27.8 Å². The van der Waals surface area contributed by atoms with Gasteiger partial charge in [0.05, 0.1) is 5.69 Å². The SMILES string of the molecule is Cc1c(C)c(C)c(CC(=O)C2N=Nc3ccccc32)c(C)c1C. The van der Waals surface area contributed by atoms with Gasteiger partial charge in [-0.1, -0.05) is 18.2 Å². The molecular formula is C20H22N2O. The van der Waals surface area contributed by atoms with Crippen molar-refractivity contribution in [3.8, 4) is 0 Å². The minimum atomic E-state index is -0.452. The fourth-order valence-corrected chi connectivity index (χ4v) is 3.34. The largest absolute Gasteiger partial charge is 0.296 e. The number of ketones is 1. The molecule has 0 saturated carbocycles. The molecule has 0 spiro atoms. The van der Waals surface area contributed by atoms with Crippen LogP contribution in [0.4, 0.5) is 5.69 Å². The second-order valence-corrected chi connectivity index (χ2v) is 6.42. The van der Waals surface area contributed by atoms with E-state index in [0.717, 1.165) is 16.8 Å². The first-order valence-electron chi connectivity index (χ1n) is 8.00. The van der Waals surface area contributed by atoms with E-state index >= 15 is 0 Å². The van der Waals surface area contributed by atoms with Crippen LogP contribution in [0.2, 0.25) is 0 Å². The van der Waals surface area contributed by atoms with Crippen molar-refractivity contribution >= 4 is 11.5 Å². The van der Waals surface area contributed by atoms with Crippen molar-refractivity contribution in [1.82, 2.24) is 0 Å². The Morgan fingerprint density at radius 3 is 2.13 bits per heavy atom. The van der Waals surface area contributed by atoms with Gasteiger partial charge >= 0.3 is 0 Å². The normalized spacial score (nSPS) is 15.8. The monoisotopic (exact) mass is 306 g/mol. The van der Waals surface area contributed by atoms with Gasteiger partial charge in [0.15, 0.2) is 11.8 Å². The molecule has 0 bridgehead atoms. The number of carbonyl (C=O) groups is 1. The maximum atomic E-state index is 12.8. The van der Waals surface area contributed by atoms with Crippen molar-refractivity contribution in [1.29, 1.82) is 0 Å². The number of Topliss-reactive ketones (excluding diaryl/α,β-unsaturated/α-hetero) is 1. The molecule has 0 N–H and O–H groups in total. The van der Waals surface area contributed by atoms with Gasteiger partial charge in [-0.15, -0.1) is 0 Å².